The monoisotopic (exact) mass is 162 g/mol. The number of benzene rings is 1. The van der Waals surface area contributed by atoms with E-state index in [0.717, 1.165) is 10.9 Å². The van der Waals surface area contributed by atoms with Gasteiger partial charge in [-0.15, -0.1) is 0 Å². The highest BCUT2D eigenvalue weighted by atomic mass is 16.1. The maximum atomic E-state index is 11.5. The second-order valence-electron chi connectivity index (χ2n) is 2.71. The zero-order valence-corrected chi connectivity index (χ0v) is 6.87. The Hall–Kier alpha value is -1.51. The Balaban J connectivity index is 2.88. The lowest BCUT2D eigenvalue weighted by Gasteiger charge is -1.90. The third kappa shape index (κ3) is 0.863. The van der Waals surface area contributed by atoms with Gasteiger partial charge in [0, 0.05) is 6.54 Å². The molecular formula is C9H10N2O. The standard InChI is InChI=1S/C9H10N2O/c1-2-11-9(12)7-5-3-4-6-8(7)10-11/h3-6,10H,2H2,1H3. The SMILES string of the molecule is CCn1[nH]c2ccccc2c1=O. The van der Waals surface area contributed by atoms with Crippen LogP contribution in [-0.2, 0) is 6.54 Å². The first-order chi connectivity index (χ1) is 5.83. The Morgan fingerprint density at radius 2 is 2.17 bits per heavy atom. The van der Waals surface area contributed by atoms with Crippen LogP contribution in [-0.4, -0.2) is 9.78 Å². The Labute approximate surface area is 69.6 Å². The van der Waals surface area contributed by atoms with Crippen molar-refractivity contribution in [1.29, 1.82) is 0 Å². The molecule has 1 aromatic heterocycles. The molecule has 0 atom stereocenters. The average molecular weight is 162 g/mol. The summed E-state index contributed by atoms with van der Waals surface area (Å²) in [6.07, 6.45) is 0. The van der Waals surface area contributed by atoms with E-state index in [4.69, 9.17) is 0 Å². The zero-order valence-electron chi connectivity index (χ0n) is 6.87. The summed E-state index contributed by atoms with van der Waals surface area (Å²) in [5, 5.41) is 3.78. The number of aromatic amines is 1. The Morgan fingerprint density at radius 3 is 2.83 bits per heavy atom. The van der Waals surface area contributed by atoms with E-state index in [-0.39, 0.29) is 5.56 Å². The van der Waals surface area contributed by atoms with Gasteiger partial charge in [0.15, 0.2) is 0 Å². The normalized spacial score (nSPS) is 10.8. The first-order valence-electron chi connectivity index (χ1n) is 4.00. The summed E-state index contributed by atoms with van der Waals surface area (Å²) in [6.45, 7) is 2.63. The van der Waals surface area contributed by atoms with Gasteiger partial charge in [0.1, 0.15) is 0 Å². The predicted octanol–water partition coefficient (Wildman–Crippen LogP) is 1.35. The van der Waals surface area contributed by atoms with E-state index >= 15 is 0 Å². The summed E-state index contributed by atoms with van der Waals surface area (Å²) in [7, 11) is 0. The Morgan fingerprint density at radius 1 is 1.42 bits per heavy atom. The number of fused-ring (bicyclic) bond motifs is 1. The minimum absolute atomic E-state index is 0.0631. The molecule has 0 amide bonds. The summed E-state index contributed by atoms with van der Waals surface area (Å²) in [5.74, 6) is 0. The van der Waals surface area contributed by atoms with Crippen LogP contribution in [0.4, 0.5) is 0 Å². The van der Waals surface area contributed by atoms with E-state index < -0.39 is 0 Å². The van der Waals surface area contributed by atoms with E-state index in [2.05, 4.69) is 5.10 Å². The molecule has 0 bridgehead atoms. The molecular weight excluding hydrogens is 152 g/mol. The molecule has 12 heavy (non-hydrogen) atoms. The van der Waals surface area contributed by atoms with Crippen molar-refractivity contribution >= 4 is 10.9 Å². The van der Waals surface area contributed by atoms with Gasteiger partial charge < -0.3 is 0 Å². The minimum Gasteiger partial charge on any atom is -0.295 e. The molecule has 0 aliphatic rings. The predicted molar refractivity (Wildman–Crippen MR) is 48.2 cm³/mol. The Kier molecular flexibility index (Phi) is 1.50. The number of H-pyrrole nitrogens is 1. The van der Waals surface area contributed by atoms with Crippen LogP contribution < -0.4 is 5.56 Å². The number of aryl methyl sites for hydroxylation is 1. The van der Waals surface area contributed by atoms with E-state index in [0.29, 0.717) is 6.54 Å². The summed E-state index contributed by atoms with van der Waals surface area (Å²) in [6, 6.07) is 7.53. The average Bonchev–Trinajstić information content (AvgIpc) is 2.44. The van der Waals surface area contributed by atoms with Crippen molar-refractivity contribution < 1.29 is 0 Å². The lowest BCUT2D eigenvalue weighted by molar-refractivity contribution is 0.646. The Bertz CT molecular complexity index is 453. The molecule has 2 aromatic rings. The van der Waals surface area contributed by atoms with E-state index in [9.17, 15) is 4.79 Å². The summed E-state index contributed by atoms with van der Waals surface area (Å²) in [5.41, 5.74) is 0.970. The molecule has 1 aromatic carbocycles. The fourth-order valence-electron chi connectivity index (χ4n) is 1.33. The molecule has 0 aliphatic carbocycles. The van der Waals surface area contributed by atoms with Crippen molar-refractivity contribution in [2.75, 3.05) is 0 Å². The molecule has 0 radical (unpaired) electrons. The molecule has 3 nitrogen and oxygen atoms in total. The first-order valence-corrected chi connectivity index (χ1v) is 4.00. The number of rotatable bonds is 1. The summed E-state index contributed by atoms with van der Waals surface area (Å²) >= 11 is 0. The van der Waals surface area contributed by atoms with Crippen LogP contribution in [0.2, 0.25) is 0 Å². The number of aromatic nitrogens is 2. The van der Waals surface area contributed by atoms with Gasteiger partial charge in [0.2, 0.25) is 0 Å². The van der Waals surface area contributed by atoms with Gasteiger partial charge in [-0.05, 0) is 19.1 Å². The number of nitrogens with zero attached hydrogens (tertiary/aromatic N) is 1. The van der Waals surface area contributed by atoms with Crippen molar-refractivity contribution in [2.24, 2.45) is 0 Å². The molecule has 3 heteroatoms. The summed E-state index contributed by atoms with van der Waals surface area (Å²) < 4.78 is 1.60. The maximum absolute atomic E-state index is 11.5. The molecule has 0 aliphatic heterocycles. The van der Waals surface area contributed by atoms with Crippen molar-refractivity contribution in [3.05, 3.63) is 34.6 Å². The third-order valence-corrected chi connectivity index (χ3v) is 1.97. The number of hydrogen-bond acceptors (Lipinski definition) is 1. The third-order valence-electron chi connectivity index (χ3n) is 1.97. The van der Waals surface area contributed by atoms with Crippen LogP contribution in [0.15, 0.2) is 29.1 Å². The van der Waals surface area contributed by atoms with Gasteiger partial charge in [-0.3, -0.25) is 14.6 Å². The van der Waals surface area contributed by atoms with E-state index in [1.807, 2.05) is 31.2 Å². The largest absolute Gasteiger partial charge is 0.295 e. The van der Waals surface area contributed by atoms with Gasteiger partial charge in [0.05, 0.1) is 10.9 Å². The van der Waals surface area contributed by atoms with Crippen LogP contribution in [0, 0.1) is 0 Å². The molecule has 2 rings (SSSR count). The van der Waals surface area contributed by atoms with Crippen molar-refractivity contribution in [3.63, 3.8) is 0 Å². The van der Waals surface area contributed by atoms with E-state index in [1.165, 1.54) is 0 Å². The van der Waals surface area contributed by atoms with Crippen LogP contribution in [0.3, 0.4) is 0 Å². The van der Waals surface area contributed by atoms with Crippen LogP contribution in [0.1, 0.15) is 6.92 Å². The van der Waals surface area contributed by atoms with Crippen LogP contribution >= 0.6 is 0 Å². The van der Waals surface area contributed by atoms with Gasteiger partial charge in [0.25, 0.3) is 5.56 Å². The molecule has 62 valence electrons. The number of para-hydroxylation sites is 1. The molecule has 0 saturated carbocycles. The molecule has 0 spiro atoms. The number of hydrogen-bond donors (Lipinski definition) is 1. The fourth-order valence-corrected chi connectivity index (χ4v) is 1.33. The molecule has 1 N–H and O–H groups in total. The lowest BCUT2D eigenvalue weighted by Crippen LogP contribution is -2.14. The minimum atomic E-state index is 0.0631. The van der Waals surface area contributed by atoms with E-state index in [1.54, 1.807) is 4.68 Å². The lowest BCUT2D eigenvalue weighted by atomic mass is 10.3. The molecule has 0 saturated heterocycles. The van der Waals surface area contributed by atoms with Gasteiger partial charge in [-0.1, -0.05) is 12.1 Å². The molecule has 1 heterocycles. The highest BCUT2D eigenvalue weighted by Gasteiger charge is 2.01. The smallest absolute Gasteiger partial charge is 0.274 e. The van der Waals surface area contributed by atoms with Crippen LogP contribution in [0.25, 0.3) is 10.9 Å². The molecule has 0 unspecified atom stereocenters. The van der Waals surface area contributed by atoms with Crippen molar-refractivity contribution in [3.8, 4) is 0 Å². The first kappa shape index (κ1) is 7.16. The molecule has 0 fully saturated rings. The second-order valence-corrected chi connectivity index (χ2v) is 2.71. The maximum Gasteiger partial charge on any atom is 0.274 e. The van der Waals surface area contributed by atoms with Crippen LogP contribution in [0.5, 0.6) is 0 Å². The number of nitrogens with one attached hydrogen (secondary N) is 1. The van der Waals surface area contributed by atoms with Crippen molar-refractivity contribution in [1.82, 2.24) is 9.78 Å². The zero-order chi connectivity index (χ0) is 8.55. The van der Waals surface area contributed by atoms with Gasteiger partial charge >= 0.3 is 0 Å². The quantitative estimate of drug-likeness (QED) is 0.675. The highest BCUT2D eigenvalue weighted by Crippen LogP contribution is 2.04. The highest BCUT2D eigenvalue weighted by molar-refractivity contribution is 5.77. The second kappa shape index (κ2) is 2.52. The van der Waals surface area contributed by atoms with Gasteiger partial charge in [-0.25, -0.2) is 0 Å². The summed E-state index contributed by atoms with van der Waals surface area (Å²) in [4.78, 5) is 11.5. The van der Waals surface area contributed by atoms with Gasteiger partial charge in [-0.2, -0.15) is 0 Å². The topological polar surface area (TPSA) is 37.8 Å². The fraction of sp³-hybridized carbons (Fsp3) is 0.222. The van der Waals surface area contributed by atoms with Crippen molar-refractivity contribution in [2.45, 2.75) is 13.5 Å².